The summed E-state index contributed by atoms with van der Waals surface area (Å²) in [6.45, 7) is 4.19. The Labute approximate surface area is 161 Å². The zero-order valence-corrected chi connectivity index (χ0v) is 16.9. The highest BCUT2D eigenvalue weighted by atomic mass is 32.2. The van der Waals surface area contributed by atoms with Crippen LogP contribution in [-0.4, -0.2) is 69.0 Å². The lowest BCUT2D eigenvalue weighted by Gasteiger charge is -2.31. The number of ether oxygens (including phenoxy) is 1. The van der Waals surface area contributed by atoms with Crippen LogP contribution in [0.2, 0.25) is 0 Å². The minimum absolute atomic E-state index is 0.168. The highest BCUT2D eigenvalue weighted by Gasteiger charge is 2.27. The van der Waals surface area contributed by atoms with Crippen LogP contribution in [0.1, 0.15) is 32.6 Å². The summed E-state index contributed by atoms with van der Waals surface area (Å²) in [7, 11) is -1.51. The van der Waals surface area contributed by atoms with Crippen molar-refractivity contribution in [2.75, 3.05) is 38.5 Å². The fourth-order valence-electron chi connectivity index (χ4n) is 3.51. The zero-order chi connectivity index (χ0) is 19.4. The third-order valence-corrected chi connectivity index (χ3v) is 7.20. The Morgan fingerprint density at radius 1 is 1.11 bits per heavy atom. The minimum atomic E-state index is -3.49. The zero-order valence-electron chi connectivity index (χ0n) is 16.1. The Balaban J connectivity index is 1.58. The molecular formula is C19H29N3O4S. The van der Waals surface area contributed by atoms with Crippen molar-refractivity contribution in [2.24, 2.45) is 0 Å². The second-order valence-electron chi connectivity index (χ2n) is 7.41. The van der Waals surface area contributed by atoms with Crippen LogP contribution in [0.5, 0.6) is 0 Å². The van der Waals surface area contributed by atoms with Gasteiger partial charge in [-0.05, 0) is 51.1 Å². The van der Waals surface area contributed by atoms with E-state index in [1.807, 2.05) is 7.05 Å². The van der Waals surface area contributed by atoms with E-state index in [4.69, 9.17) is 4.74 Å². The molecule has 1 aromatic carbocycles. The maximum Gasteiger partial charge on any atom is 0.253 e. The van der Waals surface area contributed by atoms with Gasteiger partial charge in [-0.1, -0.05) is 12.8 Å². The maximum absolute atomic E-state index is 12.7. The molecule has 0 aromatic heterocycles. The molecule has 1 aliphatic carbocycles. The lowest BCUT2D eigenvalue weighted by Crippen LogP contribution is -2.46. The number of benzene rings is 1. The van der Waals surface area contributed by atoms with E-state index in [1.165, 1.54) is 4.31 Å². The first-order valence-electron chi connectivity index (χ1n) is 9.61. The van der Waals surface area contributed by atoms with Gasteiger partial charge in [0.05, 0.1) is 11.0 Å². The second-order valence-corrected chi connectivity index (χ2v) is 9.34. The number of nitrogens with zero attached hydrogens (tertiary/aromatic N) is 2. The molecule has 1 saturated carbocycles. The van der Waals surface area contributed by atoms with Crippen molar-refractivity contribution in [1.82, 2.24) is 9.21 Å². The topological polar surface area (TPSA) is 78.9 Å². The molecule has 1 aliphatic heterocycles. The van der Waals surface area contributed by atoms with E-state index in [9.17, 15) is 13.2 Å². The molecule has 2 fully saturated rings. The van der Waals surface area contributed by atoms with Crippen molar-refractivity contribution >= 4 is 21.6 Å². The first-order valence-corrected chi connectivity index (χ1v) is 11.1. The largest absolute Gasteiger partial charge is 0.365 e. The van der Waals surface area contributed by atoms with Crippen molar-refractivity contribution in [3.8, 4) is 0 Å². The molecule has 1 unspecified atom stereocenters. The number of carbonyl (C=O) groups is 1. The number of hydrogen-bond donors (Lipinski definition) is 1. The van der Waals surface area contributed by atoms with E-state index in [0.29, 0.717) is 18.8 Å². The quantitative estimate of drug-likeness (QED) is 0.796. The fourth-order valence-corrected chi connectivity index (χ4v) is 4.93. The molecule has 0 bridgehead atoms. The fraction of sp³-hybridized carbons (Fsp3) is 0.632. The summed E-state index contributed by atoms with van der Waals surface area (Å²) in [4.78, 5) is 14.7. The van der Waals surface area contributed by atoms with E-state index < -0.39 is 16.1 Å². The Kier molecular flexibility index (Phi) is 6.52. The average Bonchev–Trinajstić information content (AvgIpc) is 3.15. The second kappa shape index (κ2) is 8.68. The van der Waals surface area contributed by atoms with Gasteiger partial charge in [-0.25, -0.2) is 8.42 Å². The third-order valence-electron chi connectivity index (χ3n) is 5.29. The molecule has 0 spiro atoms. The Hall–Kier alpha value is -1.48. The van der Waals surface area contributed by atoms with E-state index in [0.717, 1.165) is 38.8 Å². The number of rotatable bonds is 6. The molecule has 150 valence electrons. The third kappa shape index (κ3) is 5.07. The molecule has 8 heteroatoms. The van der Waals surface area contributed by atoms with Crippen LogP contribution in [0.15, 0.2) is 29.2 Å². The van der Waals surface area contributed by atoms with Gasteiger partial charge in [-0.3, -0.25) is 4.79 Å². The van der Waals surface area contributed by atoms with Crippen LogP contribution >= 0.6 is 0 Å². The number of sulfonamides is 1. The molecule has 1 atom stereocenters. The van der Waals surface area contributed by atoms with Gasteiger partial charge >= 0.3 is 0 Å². The van der Waals surface area contributed by atoms with E-state index in [1.54, 1.807) is 31.2 Å². The van der Waals surface area contributed by atoms with Crippen molar-refractivity contribution in [2.45, 2.75) is 49.7 Å². The lowest BCUT2D eigenvalue weighted by molar-refractivity contribution is -0.129. The van der Waals surface area contributed by atoms with Crippen LogP contribution in [-0.2, 0) is 19.6 Å². The monoisotopic (exact) mass is 395 g/mol. The van der Waals surface area contributed by atoms with Crippen LogP contribution < -0.4 is 5.32 Å². The van der Waals surface area contributed by atoms with Crippen molar-refractivity contribution < 1.29 is 17.9 Å². The van der Waals surface area contributed by atoms with Crippen LogP contribution in [0, 0.1) is 0 Å². The number of hydrogen-bond acceptors (Lipinski definition) is 5. The van der Waals surface area contributed by atoms with Gasteiger partial charge in [0.15, 0.2) is 0 Å². The molecule has 1 amide bonds. The minimum Gasteiger partial charge on any atom is -0.365 e. The SMILES string of the molecule is CC(OC1CCCC1)C(=O)Nc1ccc(S(=O)(=O)N2CCN(C)CC2)cc1. The molecule has 0 radical (unpaired) electrons. The van der Waals surface area contributed by atoms with E-state index in [-0.39, 0.29) is 16.9 Å². The van der Waals surface area contributed by atoms with E-state index in [2.05, 4.69) is 10.2 Å². The van der Waals surface area contributed by atoms with Crippen molar-refractivity contribution in [3.05, 3.63) is 24.3 Å². The molecule has 1 heterocycles. The molecular weight excluding hydrogens is 366 g/mol. The van der Waals surface area contributed by atoms with E-state index >= 15 is 0 Å². The number of amides is 1. The Bertz CT molecular complexity index is 737. The molecule has 1 N–H and O–H groups in total. The van der Waals surface area contributed by atoms with Gasteiger partial charge in [0, 0.05) is 31.9 Å². The Morgan fingerprint density at radius 3 is 2.30 bits per heavy atom. The van der Waals surface area contributed by atoms with Gasteiger partial charge in [0.1, 0.15) is 6.10 Å². The molecule has 1 aromatic rings. The lowest BCUT2D eigenvalue weighted by atomic mass is 10.2. The highest BCUT2D eigenvalue weighted by molar-refractivity contribution is 7.89. The molecule has 7 nitrogen and oxygen atoms in total. The summed E-state index contributed by atoms with van der Waals surface area (Å²) in [5.41, 5.74) is 0.569. The first kappa shape index (κ1) is 20.3. The van der Waals surface area contributed by atoms with Crippen molar-refractivity contribution in [1.29, 1.82) is 0 Å². The Morgan fingerprint density at radius 2 is 1.70 bits per heavy atom. The predicted molar refractivity (Wildman–Crippen MR) is 104 cm³/mol. The normalized spacial score (nSPS) is 21.3. The van der Waals surface area contributed by atoms with Gasteiger partial charge in [0.2, 0.25) is 10.0 Å². The van der Waals surface area contributed by atoms with Crippen LogP contribution in [0.4, 0.5) is 5.69 Å². The average molecular weight is 396 g/mol. The van der Waals surface area contributed by atoms with Crippen LogP contribution in [0.3, 0.4) is 0 Å². The molecule has 1 saturated heterocycles. The summed E-state index contributed by atoms with van der Waals surface area (Å²) >= 11 is 0. The summed E-state index contributed by atoms with van der Waals surface area (Å²) in [5, 5.41) is 2.80. The molecule has 2 aliphatic rings. The summed E-state index contributed by atoms with van der Waals surface area (Å²) < 4.78 is 32.8. The van der Waals surface area contributed by atoms with Gasteiger partial charge < -0.3 is 15.0 Å². The predicted octanol–water partition coefficient (Wildman–Crippen LogP) is 1.91. The number of anilines is 1. The standard InChI is InChI=1S/C19H29N3O4S/c1-15(26-17-5-3-4-6-17)19(23)20-16-7-9-18(10-8-16)27(24,25)22-13-11-21(2)12-14-22/h7-10,15,17H,3-6,11-14H2,1-2H3,(H,20,23). The smallest absolute Gasteiger partial charge is 0.253 e. The first-order chi connectivity index (χ1) is 12.9. The van der Waals surface area contributed by atoms with Gasteiger partial charge in [0.25, 0.3) is 5.91 Å². The summed E-state index contributed by atoms with van der Waals surface area (Å²) in [5.74, 6) is -0.212. The van der Waals surface area contributed by atoms with Gasteiger partial charge in [-0.2, -0.15) is 4.31 Å². The number of carbonyl (C=O) groups excluding carboxylic acids is 1. The van der Waals surface area contributed by atoms with Crippen LogP contribution in [0.25, 0.3) is 0 Å². The summed E-state index contributed by atoms with van der Waals surface area (Å²) in [6, 6.07) is 6.35. The maximum atomic E-state index is 12.7. The number of likely N-dealkylation sites (N-methyl/N-ethyl adjacent to an activating group) is 1. The van der Waals surface area contributed by atoms with Gasteiger partial charge in [-0.15, -0.1) is 0 Å². The summed E-state index contributed by atoms with van der Waals surface area (Å²) in [6.07, 6.45) is 3.97. The molecule has 3 rings (SSSR count). The van der Waals surface area contributed by atoms with Crippen molar-refractivity contribution in [3.63, 3.8) is 0 Å². The molecule has 27 heavy (non-hydrogen) atoms. The number of piperazine rings is 1. The highest BCUT2D eigenvalue weighted by Crippen LogP contribution is 2.23. The number of nitrogens with one attached hydrogen (secondary N) is 1.